The second kappa shape index (κ2) is 10.9. The number of benzene rings is 7. The Morgan fingerprint density at radius 2 is 1.02 bits per heavy atom. The van der Waals surface area contributed by atoms with E-state index in [0.29, 0.717) is 0 Å². The number of hydrogen-bond acceptors (Lipinski definition) is 1. The van der Waals surface area contributed by atoms with E-state index < -0.39 is 0 Å². The Hall–Kier alpha value is -5.64. The molecule has 0 atom stereocenters. The maximum atomic E-state index is 2.56. The summed E-state index contributed by atoms with van der Waals surface area (Å²) in [5.74, 6) is 0. The van der Waals surface area contributed by atoms with Gasteiger partial charge in [-0.1, -0.05) is 113 Å². The van der Waals surface area contributed by atoms with E-state index in [1.54, 1.807) is 0 Å². The van der Waals surface area contributed by atoms with Crippen molar-refractivity contribution in [2.45, 2.75) is 51.4 Å². The van der Waals surface area contributed by atoms with E-state index in [1.165, 1.54) is 110 Å². The first-order valence-electron chi connectivity index (χ1n) is 18.9. The summed E-state index contributed by atoms with van der Waals surface area (Å²) < 4.78 is 7.69. The number of nitrogens with zero attached hydrogens (tertiary/aromatic N) is 2. The average Bonchev–Trinajstić information content (AvgIpc) is 3.83. The number of fused-ring (bicyclic) bond motifs is 10. The van der Waals surface area contributed by atoms with E-state index in [1.807, 2.05) is 11.3 Å². The molecule has 256 valence electrons. The zero-order chi connectivity index (χ0) is 35.6. The van der Waals surface area contributed by atoms with E-state index >= 15 is 0 Å². The monoisotopic (exact) mass is 700 g/mol. The number of para-hydroxylation sites is 2. The number of thiophene rings is 1. The molecule has 0 amide bonds. The van der Waals surface area contributed by atoms with Crippen molar-refractivity contribution >= 4 is 75.1 Å². The highest BCUT2D eigenvalue weighted by atomic mass is 32.1. The minimum Gasteiger partial charge on any atom is -0.309 e. The molecule has 0 spiro atoms. The second-order valence-electron chi connectivity index (χ2n) is 16.4. The highest BCUT2D eigenvalue weighted by molar-refractivity contribution is 7.26. The van der Waals surface area contributed by atoms with Crippen LogP contribution in [0.4, 0.5) is 0 Å². The Morgan fingerprint density at radius 3 is 1.83 bits per heavy atom. The highest BCUT2D eigenvalue weighted by Gasteiger charge is 2.38. The van der Waals surface area contributed by atoms with Crippen LogP contribution in [0.5, 0.6) is 0 Å². The predicted molar refractivity (Wildman–Crippen MR) is 229 cm³/mol. The summed E-state index contributed by atoms with van der Waals surface area (Å²) in [6.45, 7) is 9.76. The van der Waals surface area contributed by atoms with Crippen LogP contribution >= 0.6 is 11.3 Å². The van der Waals surface area contributed by atoms with Crippen LogP contribution in [0.15, 0.2) is 146 Å². The van der Waals surface area contributed by atoms with Crippen LogP contribution in [-0.2, 0) is 10.8 Å². The van der Waals surface area contributed by atoms with Crippen molar-refractivity contribution < 1.29 is 0 Å². The molecule has 0 bridgehead atoms. The van der Waals surface area contributed by atoms with E-state index in [9.17, 15) is 0 Å². The lowest BCUT2D eigenvalue weighted by Gasteiger charge is -2.42. The maximum absolute atomic E-state index is 2.56. The molecule has 7 aromatic carbocycles. The Balaban J connectivity index is 1.25. The summed E-state index contributed by atoms with van der Waals surface area (Å²) in [5, 5.41) is 7.88. The fourth-order valence-corrected chi connectivity index (χ4v) is 10.7. The molecule has 0 unspecified atom stereocenters. The van der Waals surface area contributed by atoms with Crippen LogP contribution in [0.2, 0.25) is 0 Å². The quantitative estimate of drug-likeness (QED) is 0.174. The van der Waals surface area contributed by atoms with Gasteiger partial charge in [0, 0.05) is 53.1 Å². The fourth-order valence-electron chi connectivity index (χ4n) is 9.46. The topological polar surface area (TPSA) is 9.86 Å². The lowest BCUT2D eigenvalue weighted by Crippen LogP contribution is -2.33. The van der Waals surface area contributed by atoms with Gasteiger partial charge < -0.3 is 9.13 Å². The first-order chi connectivity index (χ1) is 25.8. The van der Waals surface area contributed by atoms with Gasteiger partial charge in [0.05, 0.1) is 22.1 Å². The van der Waals surface area contributed by atoms with Gasteiger partial charge in [-0.05, 0) is 107 Å². The van der Waals surface area contributed by atoms with Crippen LogP contribution in [0, 0.1) is 0 Å². The molecule has 3 heteroatoms. The van der Waals surface area contributed by atoms with Gasteiger partial charge in [0.1, 0.15) is 0 Å². The average molecular weight is 701 g/mol. The molecule has 1 aliphatic rings. The van der Waals surface area contributed by atoms with Crippen molar-refractivity contribution in [1.82, 2.24) is 9.13 Å². The van der Waals surface area contributed by atoms with Gasteiger partial charge in [0.2, 0.25) is 0 Å². The van der Waals surface area contributed by atoms with Gasteiger partial charge in [0.15, 0.2) is 0 Å². The Kier molecular flexibility index (Phi) is 6.39. The van der Waals surface area contributed by atoms with Gasteiger partial charge in [0.25, 0.3) is 0 Å². The lowest BCUT2D eigenvalue weighted by atomic mass is 9.63. The van der Waals surface area contributed by atoms with Crippen LogP contribution in [-0.4, -0.2) is 9.13 Å². The second-order valence-corrected chi connectivity index (χ2v) is 17.5. The standard InChI is InChI=1S/C50H40N2S/c1-49(2)24-25-50(3,4)42-29-44-40(28-41(42)49)39-27-38-35-18-8-10-22-43(35)51(32-15-6-5-7-16-32)45(38)30-46(39)52(44)33-17-12-14-31(26-33)34-20-13-21-37-36-19-9-11-23-47(36)53-48(34)37/h5-23,26-30H,24-25H2,1-4H3. The first-order valence-corrected chi connectivity index (χ1v) is 19.7. The van der Waals surface area contributed by atoms with Crippen LogP contribution in [0.3, 0.4) is 0 Å². The lowest BCUT2D eigenvalue weighted by molar-refractivity contribution is 0.332. The Labute approximate surface area is 313 Å². The Bertz CT molecular complexity index is 3110. The zero-order valence-corrected chi connectivity index (χ0v) is 31.4. The third-order valence-corrected chi connectivity index (χ3v) is 13.6. The molecular weight excluding hydrogens is 661 g/mol. The largest absolute Gasteiger partial charge is 0.309 e. The predicted octanol–water partition coefficient (Wildman–Crippen LogP) is 14.3. The molecule has 3 aromatic heterocycles. The van der Waals surface area contributed by atoms with Crippen LogP contribution < -0.4 is 0 Å². The number of rotatable bonds is 3. The molecule has 11 rings (SSSR count). The highest BCUT2D eigenvalue weighted by Crippen LogP contribution is 2.49. The van der Waals surface area contributed by atoms with Gasteiger partial charge >= 0.3 is 0 Å². The summed E-state index contributed by atoms with van der Waals surface area (Å²) in [4.78, 5) is 0. The number of aromatic nitrogens is 2. The number of hydrogen-bond donors (Lipinski definition) is 0. The first kappa shape index (κ1) is 30.9. The van der Waals surface area contributed by atoms with E-state index in [4.69, 9.17) is 0 Å². The van der Waals surface area contributed by atoms with E-state index in [-0.39, 0.29) is 10.8 Å². The summed E-state index contributed by atoms with van der Waals surface area (Å²) in [6, 6.07) is 54.6. The molecule has 3 heterocycles. The SMILES string of the molecule is CC1(C)CCC(C)(C)c2cc3c(cc21)c1cc2c4ccccc4n(-c4ccccc4)c2cc1n3-c1cccc(-c2cccc3c2sc2ccccc23)c1. The molecule has 53 heavy (non-hydrogen) atoms. The fraction of sp³-hybridized carbons (Fsp3) is 0.160. The smallest absolute Gasteiger partial charge is 0.0562 e. The molecule has 2 nitrogen and oxygen atoms in total. The molecule has 10 aromatic rings. The van der Waals surface area contributed by atoms with Crippen molar-refractivity contribution in [3.8, 4) is 22.5 Å². The van der Waals surface area contributed by atoms with Gasteiger partial charge in [-0.3, -0.25) is 0 Å². The van der Waals surface area contributed by atoms with Crippen molar-refractivity contribution in [3.05, 3.63) is 157 Å². The molecule has 0 aliphatic heterocycles. The van der Waals surface area contributed by atoms with Gasteiger partial charge in [-0.15, -0.1) is 11.3 Å². The van der Waals surface area contributed by atoms with Crippen molar-refractivity contribution in [3.63, 3.8) is 0 Å². The van der Waals surface area contributed by atoms with Crippen molar-refractivity contribution in [2.24, 2.45) is 0 Å². The van der Waals surface area contributed by atoms with Gasteiger partial charge in [-0.2, -0.15) is 0 Å². The third kappa shape index (κ3) is 4.44. The zero-order valence-electron chi connectivity index (χ0n) is 30.6. The third-order valence-electron chi connectivity index (χ3n) is 12.4. The van der Waals surface area contributed by atoms with Crippen LogP contribution in [0.25, 0.3) is 86.3 Å². The molecular formula is C50H40N2S. The molecule has 0 saturated carbocycles. The molecule has 0 fully saturated rings. The molecule has 0 N–H and O–H groups in total. The molecule has 0 radical (unpaired) electrons. The summed E-state index contributed by atoms with van der Waals surface area (Å²) >= 11 is 1.90. The summed E-state index contributed by atoms with van der Waals surface area (Å²) in [5.41, 5.74) is 13.1. The van der Waals surface area contributed by atoms with Crippen LogP contribution in [0.1, 0.15) is 51.7 Å². The van der Waals surface area contributed by atoms with Crippen molar-refractivity contribution in [2.75, 3.05) is 0 Å². The van der Waals surface area contributed by atoms with Crippen molar-refractivity contribution in [1.29, 1.82) is 0 Å². The normalized spacial score (nSPS) is 15.3. The minimum atomic E-state index is 0.101. The summed E-state index contributed by atoms with van der Waals surface area (Å²) in [6.07, 6.45) is 2.38. The molecule has 1 aliphatic carbocycles. The summed E-state index contributed by atoms with van der Waals surface area (Å²) in [7, 11) is 0. The van der Waals surface area contributed by atoms with Gasteiger partial charge in [-0.25, -0.2) is 0 Å². The van der Waals surface area contributed by atoms with E-state index in [0.717, 1.165) is 0 Å². The molecule has 0 saturated heterocycles. The van der Waals surface area contributed by atoms with E-state index in [2.05, 4.69) is 182 Å². The maximum Gasteiger partial charge on any atom is 0.0562 e. The minimum absolute atomic E-state index is 0.101. The Morgan fingerprint density at radius 1 is 0.434 bits per heavy atom.